The maximum atomic E-state index is 11.5. The molecule has 0 atom stereocenters. The van der Waals surface area contributed by atoms with Crippen molar-refractivity contribution in [3.8, 4) is 10.7 Å². The summed E-state index contributed by atoms with van der Waals surface area (Å²) in [5, 5.41) is 6.41. The molecule has 19 heavy (non-hydrogen) atoms. The van der Waals surface area contributed by atoms with E-state index in [0.29, 0.717) is 5.69 Å². The molecule has 1 amide bonds. The number of nitrogens with zero attached hydrogens (tertiary/aromatic N) is 2. The number of amides is 1. The number of carbonyl (C=O) groups is 1. The summed E-state index contributed by atoms with van der Waals surface area (Å²) >= 11 is 1.48. The van der Waals surface area contributed by atoms with Crippen LogP contribution >= 0.6 is 11.3 Å². The van der Waals surface area contributed by atoms with Gasteiger partial charge in [0.2, 0.25) is 0 Å². The highest BCUT2D eigenvalue weighted by atomic mass is 32.1. The van der Waals surface area contributed by atoms with Crippen LogP contribution in [0.1, 0.15) is 10.5 Å². The number of carbonyl (C=O) groups excluding carboxylic acids is 1. The number of fused-ring (bicyclic) bond motifs is 1. The number of rotatable bonds is 2. The second kappa shape index (κ2) is 4.51. The molecule has 0 saturated carbocycles. The Kier molecular flexibility index (Phi) is 2.83. The lowest BCUT2D eigenvalue weighted by Gasteiger charge is -2.00. The molecule has 3 rings (SSSR count). The minimum Gasteiger partial charge on any atom is -0.354 e. The molecule has 0 spiro atoms. The third-order valence-electron chi connectivity index (χ3n) is 3.13. The van der Waals surface area contributed by atoms with Crippen LogP contribution in [0.15, 0.2) is 35.7 Å². The molecular weight excluding hydrogens is 258 g/mol. The van der Waals surface area contributed by atoms with Gasteiger partial charge in [-0.1, -0.05) is 18.2 Å². The van der Waals surface area contributed by atoms with Gasteiger partial charge < -0.3 is 9.88 Å². The van der Waals surface area contributed by atoms with Crippen LogP contribution in [0.3, 0.4) is 0 Å². The van der Waals surface area contributed by atoms with E-state index in [1.54, 1.807) is 12.4 Å². The molecule has 2 heterocycles. The molecule has 0 aliphatic carbocycles. The van der Waals surface area contributed by atoms with E-state index in [2.05, 4.69) is 33.1 Å². The molecule has 2 aromatic heterocycles. The summed E-state index contributed by atoms with van der Waals surface area (Å²) in [5.41, 5.74) is 2.66. The van der Waals surface area contributed by atoms with Gasteiger partial charge in [0.05, 0.1) is 5.69 Å². The Balaban J connectivity index is 2.11. The zero-order chi connectivity index (χ0) is 13.4. The maximum absolute atomic E-state index is 11.5. The van der Waals surface area contributed by atoms with E-state index < -0.39 is 0 Å². The normalized spacial score (nSPS) is 10.8. The molecule has 0 aliphatic heterocycles. The topological polar surface area (TPSA) is 46.9 Å². The number of para-hydroxylation sites is 1. The Morgan fingerprint density at radius 3 is 2.89 bits per heavy atom. The van der Waals surface area contributed by atoms with E-state index in [4.69, 9.17) is 0 Å². The molecule has 3 aromatic rings. The molecule has 0 fully saturated rings. The number of thiazole rings is 1. The molecule has 0 saturated heterocycles. The van der Waals surface area contributed by atoms with Crippen LogP contribution in [0, 0.1) is 0 Å². The van der Waals surface area contributed by atoms with Gasteiger partial charge in [0, 0.05) is 30.4 Å². The van der Waals surface area contributed by atoms with E-state index in [1.807, 2.05) is 19.2 Å². The van der Waals surface area contributed by atoms with Gasteiger partial charge in [-0.3, -0.25) is 4.79 Å². The van der Waals surface area contributed by atoms with Gasteiger partial charge in [0.25, 0.3) is 5.91 Å². The fourth-order valence-corrected chi connectivity index (χ4v) is 2.97. The predicted octanol–water partition coefficient (Wildman–Crippen LogP) is 2.66. The molecular formula is C14H13N3OS. The van der Waals surface area contributed by atoms with Crippen LogP contribution in [0.25, 0.3) is 21.6 Å². The van der Waals surface area contributed by atoms with Crippen LogP contribution < -0.4 is 5.32 Å². The number of hydrogen-bond donors (Lipinski definition) is 1. The lowest BCUT2D eigenvalue weighted by molar-refractivity contribution is 0.0959. The van der Waals surface area contributed by atoms with E-state index in [0.717, 1.165) is 16.2 Å². The molecule has 0 unspecified atom stereocenters. The number of aryl methyl sites for hydroxylation is 1. The van der Waals surface area contributed by atoms with Gasteiger partial charge in [0.15, 0.2) is 0 Å². The standard InChI is InChI=1S/C14H13N3OS/c1-15-13(18)10-8-19-14(16-10)12-7-9-5-3-4-6-11(9)17(12)2/h3-8H,1-2H3,(H,15,18). The Bertz CT molecular complexity index is 757. The summed E-state index contributed by atoms with van der Waals surface area (Å²) in [6, 6.07) is 10.3. The zero-order valence-corrected chi connectivity index (χ0v) is 11.5. The maximum Gasteiger partial charge on any atom is 0.270 e. The highest BCUT2D eigenvalue weighted by Gasteiger charge is 2.13. The zero-order valence-electron chi connectivity index (χ0n) is 10.7. The monoisotopic (exact) mass is 271 g/mol. The van der Waals surface area contributed by atoms with E-state index in [-0.39, 0.29) is 5.91 Å². The van der Waals surface area contributed by atoms with Crippen molar-refractivity contribution in [3.05, 3.63) is 41.4 Å². The Labute approximate surface area is 114 Å². The van der Waals surface area contributed by atoms with Crippen molar-refractivity contribution in [2.24, 2.45) is 7.05 Å². The summed E-state index contributed by atoms with van der Waals surface area (Å²) < 4.78 is 2.10. The summed E-state index contributed by atoms with van der Waals surface area (Å²) in [6.45, 7) is 0. The summed E-state index contributed by atoms with van der Waals surface area (Å²) in [4.78, 5) is 15.9. The lowest BCUT2D eigenvalue weighted by Crippen LogP contribution is -2.17. The third-order valence-corrected chi connectivity index (χ3v) is 4.00. The van der Waals surface area contributed by atoms with E-state index in [9.17, 15) is 4.79 Å². The summed E-state index contributed by atoms with van der Waals surface area (Å²) in [6.07, 6.45) is 0. The Hall–Kier alpha value is -2.14. The highest BCUT2D eigenvalue weighted by Crippen LogP contribution is 2.29. The fraction of sp³-hybridized carbons (Fsp3) is 0.143. The SMILES string of the molecule is CNC(=O)c1csc(-c2cc3ccccc3n2C)n1. The largest absolute Gasteiger partial charge is 0.354 e. The van der Waals surface area contributed by atoms with Crippen molar-refractivity contribution in [3.63, 3.8) is 0 Å². The van der Waals surface area contributed by atoms with Gasteiger partial charge >= 0.3 is 0 Å². The van der Waals surface area contributed by atoms with Crippen LogP contribution in [-0.4, -0.2) is 22.5 Å². The number of benzene rings is 1. The molecule has 5 heteroatoms. The molecule has 1 aromatic carbocycles. The van der Waals surface area contributed by atoms with Crippen LogP contribution in [0.2, 0.25) is 0 Å². The predicted molar refractivity (Wildman–Crippen MR) is 77.4 cm³/mol. The molecule has 0 bridgehead atoms. The number of nitrogens with one attached hydrogen (secondary N) is 1. The van der Waals surface area contributed by atoms with Crippen LogP contribution in [0.4, 0.5) is 0 Å². The molecule has 4 nitrogen and oxygen atoms in total. The number of aromatic nitrogens is 2. The third kappa shape index (κ3) is 1.92. The van der Waals surface area contributed by atoms with Crippen molar-refractivity contribution in [2.45, 2.75) is 0 Å². The average Bonchev–Trinajstić information content (AvgIpc) is 3.04. The second-order valence-corrected chi connectivity index (χ2v) is 5.12. The van der Waals surface area contributed by atoms with E-state index in [1.165, 1.54) is 16.7 Å². The first-order chi connectivity index (χ1) is 9.20. The molecule has 0 radical (unpaired) electrons. The highest BCUT2D eigenvalue weighted by molar-refractivity contribution is 7.13. The minimum atomic E-state index is -0.152. The van der Waals surface area contributed by atoms with Crippen molar-refractivity contribution < 1.29 is 4.79 Å². The first-order valence-corrected chi connectivity index (χ1v) is 6.81. The van der Waals surface area contributed by atoms with Crippen molar-refractivity contribution in [1.29, 1.82) is 0 Å². The lowest BCUT2D eigenvalue weighted by atomic mass is 10.2. The van der Waals surface area contributed by atoms with Gasteiger partial charge in [-0.2, -0.15) is 0 Å². The summed E-state index contributed by atoms with van der Waals surface area (Å²) in [7, 11) is 3.62. The Morgan fingerprint density at radius 1 is 1.37 bits per heavy atom. The van der Waals surface area contributed by atoms with Crippen LogP contribution in [0.5, 0.6) is 0 Å². The average molecular weight is 271 g/mol. The fourth-order valence-electron chi connectivity index (χ4n) is 2.12. The second-order valence-electron chi connectivity index (χ2n) is 4.26. The summed E-state index contributed by atoms with van der Waals surface area (Å²) in [5.74, 6) is -0.152. The Morgan fingerprint density at radius 2 is 2.16 bits per heavy atom. The first-order valence-electron chi connectivity index (χ1n) is 5.93. The smallest absolute Gasteiger partial charge is 0.270 e. The minimum absolute atomic E-state index is 0.152. The van der Waals surface area contributed by atoms with Crippen LogP contribution in [-0.2, 0) is 7.05 Å². The van der Waals surface area contributed by atoms with Crippen molar-refractivity contribution in [2.75, 3.05) is 7.05 Å². The van der Waals surface area contributed by atoms with Gasteiger partial charge in [-0.25, -0.2) is 4.98 Å². The quantitative estimate of drug-likeness (QED) is 0.779. The van der Waals surface area contributed by atoms with Gasteiger partial charge in [0.1, 0.15) is 10.7 Å². The van der Waals surface area contributed by atoms with E-state index >= 15 is 0 Å². The molecule has 96 valence electrons. The molecule has 0 aliphatic rings. The van der Waals surface area contributed by atoms with Gasteiger partial charge in [-0.15, -0.1) is 11.3 Å². The number of hydrogen-bond acceptors (Lipinski definition) is 3. The van der Waals surface area contributed by atoms with Crippen molar-refractivity contribution in [1.82, 2.24) is 14.9 Å². The van der Waals surface area contributed by atoms with Gasteiger partial charge in [-0.05, 0) is 12.1 Å². The first kappa shape index (κ1) is 11.9. The molecule has 1 N–H and O–H groups in total. The van der Waals surface area contributed by atoms with Crippen molar-refractivity contribution >= 4 is 28.1 Å².